The van der Waals surface area contributed by atoms with E-state index in [0.717, 1.165) is 87.2 Å². The van der Waals surface area contributed by atoms with E-state index in [9.17, 15) is 86.4 Å². The van der Waals surface area contributed by atoms with Gasteiger partial charge in [0.05, 0.1) is 52.7 Å². The van der Waals surface area contributed by atoms with E-state index in [4.69, 9.17) is 14.2 Å². The van der Waals surface area contributed by atoms with Gasteiger partial charge in [0, 0.05) is 0 Å². The molecule has 0 aliphatic carbocycles. The molecule has 31 heteroatoms. The van der Waals surface area contributed by atoms with Crippen LogP contribution in [0.2, 0.25) is 0 Å². The molecule has 15 nitrogen and oxygen atoms in total. The van der Waals surface area contributed by atoms with Crippen molar-refractivity contribution in [1.29, 1.82) is 0 Å². The first-order valence-electron chi connectivity index (χ1n) is 13.8. The highest BCUT2D eigenvalue weighted by Crippen LogP contribution is 2.37. The Balaban J connectivity index is 0.000000756. The molecule has 2 heterocycles. The Morgan fingerprint density at radius 3 is 0.882 bits per heavy atom. The monoisotopic (exact) mass is 862 g/mol. The molecule has 0 saturated carbocycles. The first-order chi connectivity index (χ1) is 22.7. The van der Waals surface area contributed by atoms with Crippen LogP contribution in [0, 0.1) is 0 Å². The summed E-state index contributed by atoms with van der Waals surface area (Å²) in [7, 11) is -26.9. The van der Waals surface area contributed by atoms with Gasteiger partial charge in [-0.2, -0.15) is 52.7 Å². The van der Waals surface area contributed by atoms with Gasteiger partial charge >= 0.3 is 22.0 Å². The quantitative estimate of drug-likeness (QED) is 0.159. The molecule has 0 atom stereocenters. The van der Waals surface area contributed by atoms with Crippen LogP contribution in [0.25, 0.3) is 8.25 Å². The number of alkyl halides is 12. The molecule has 0 amide bonds. The van der Waals surface area contributed by atoms with Crippen LogP contribution in [-0.4, -0.2) is 157 Å². The molecule has 51 heavy (non-hydrogen) atoms. The second kappa shape index (κ2) is 18.3. The summed E-state index contributed by atoms with van der Waals surface area (Å²) in [4.78, 5) is 0. The van der Waals surface area contributed by atoms with Crippen molar-refractivity contribution in [2.75, 3.05) is 92.0 Å². The molecule has 0 aromatic carbocycles. The van der Waals surface area contributed by atoms with Crippen molar-refractivity contribution < 1.29 is 110 Å². The minimum atomic E-state index is -6.72. The van der Waals surface area contributed by atoms with Gasteiger partial charge in [0.15, 0.2) is 40.1 Å². The summed E-state index contributed by atoms with van der Waals surface area (Å²) in [6.45, 7) is 19.2. The molecule has 2 aliphatic heterocycles. The van der Waals surface area contributed by atoms with E-state index in [0.29, 0.717) is 0 Å². The first kappa shape index (κ1) is 49.7. The number of hydrogen-bond donors (Lipinski definition) is 0. The molecule has 2 fully saturated rings. The number of rotatable bonds is 12. The van der Waals surface area contributed by atoms with Crippen LogP contribution >= 0.6 is 0 Å². The highest BCUT2D eigenvalue weighted by molar-refractivity contribution is 8.13. The molecule has 2 saturated heterocycles. The number of quaternary nitrogens is 2. The Morgan fingerprint density at radius 1 is 0.490 bits per heavy atom. The van der Waals surface area contributed by atoms with Crippen LogP contribution in [0.1, 0.15) is 13.8 Å². The molecule has 0 radical (unpaired) electrons. The summed E-state index contributed by atoms with van der Waals surface area (Å²) in [6, 6.07) is 0. The van der Waals surface area contributed by atoms with Gasteiger partial charge in [0.1, 0.15) is 39.3 Å². The zero-order chi connectivity index (χ0) is 40.4. The van der Waals surface area contributed by atoms with Crippen molar-refractivity contribution in [3.8, 4) is 0 Å². The van der Waals surface area contributed by atoms with Crippen LogP contribution in [0.4, 0.5) is 52.7 Å². The molecule has 0 aromatic rings. The second-order valence-electron chi connectivity index (χ2n) is 10.3. The predicted octanol–water partition coefficient (Wildman–Crippen LogP) is 2.86. The van der Waals surface area contributed by atoms with Crippen LogP contribution in [0.5, 0.6) is 0 Å². The summed E-state index contributed by atoms with van der Waals surface area (Å²) in [6.07, 6.45) is 0. The smallest absolute Gasteiger partial charge is 0.421 e. The van der Waals surface area contributed by atoms with Gasteiger partial charge in [-0.3, -0.25) is 0 Å². The number of morpholine rings is 2. The normalized spacial score (nSPS) is 19.3. The molecule has 2 rings (SSSR count). The zero-order valence-electron chi connectivity index (χ0n) is 26.3. The Bertz CT molecular complexity index is 1320. The highest BCUT2D eigenvalue weighted by atomic mass is 32.3. The third-order valence-electron chi connectivity index (χ3n) is 7.16. The maximum atomic E-state index is 11.4. The van der Waals surface area contributed by atoms with Crippen LogP contribution in [0.3, 0.4) is 0 Å². The Morgan fingerprint density at radius 2 is 0.706 bits per heavy atom. The lowest BCUT2D eigenvalue weighted by molar-refractivity contribution is -0.936. The molecule has 2 aliphatic rings. The minimum absolute atomic E-state index is 0.778. The maximum Gasteiger partial charge on any atom is 0.480 e. The number of likely N-dealkylation sites (N-methyl/N-ethyl adjacent to an activating group) is 2. The lowest BCUT2D eigenvalue weighted by atomic mass is 10.3. The minimum Gasteiger partial charge on any atom is -0.421 e. The highest BCUT2D eigenvalue weighted by Gasteiger charge is 2.48. The fraction of sp³-hybridized carbons (Fsp3) is 1.00. The average Bonchev–Trinajstić information content (AvgIpc) is 2.95. The van der Waals surface area contributed by atoms with Crippen LogP contribution in [0.15, 0.2) is 0 Å². The zero-order valence-corrected chi connectivity index (χ0v) is 29.6. The summed E-state index contributed by atoms with van der Waals surface area (Å²) >= 11 is 0. The van der Waals surface area contributed by atoms with Crippen molar-refractivity contribution in [2.45, 2.75) is 35.9 Å². The molecule has 308 valence electrons. The van der Waals surface area contributed by atoms with E-state index in [1.54, 1.807) is 0 Å². The van der Waals surface area contributed by atoms with Gasteiger partial charge in [-0.05, 0) is 13.8 Å². The van der Waals surface area contributed by atoms with E-state index >= 15 is 0 Å². The molecule has 0 N–H and O–H groups in total. The lowest BCUT2D eigenvalue weighted by Gasteiger charge is -2.41. The van der Waals surface area contributed by atoms with E-state index in [-0.39, 0.29) is 0 Å². The standard InChI is InChI=1S/C16H34N2O3.2C2F6NO4S2/c1-3-17(5-11-19-12-6-17)9-15-21-16-10-18(4-2)7-13-20-14-8-18;2*3-1(4,5)14(10,11)9-15(12,13)2(6,7)8/h3-16H2,1-2H3;;/q+2;2*-1. The van der Waals surface area contributed by atoms with E-state index in [1.807, 2.05) is 0 Å². The SMILES string of the molecule is CC[N+]1(CCOCC[N+]2(CC)CCOCC2)CCOCC1.O=S(=O)([N-]S(=O)(=O)C(F)(F)F)C(F)(F)F.O=S(=O)([N-]S(=O)(=O)C(F)(F)F)C(F)(F)F. The largest absolute Gasteiger partial charge is 0.480 e. The van der Waals surface area contributed by atoms with Gasteiger partial charge in [-0.15, -0.1) is 0 Å². The summed E-state index contributed by atoms with van der Waals surface area (Å²) in [5.41, 5.74) is -24.8. The topological polar surface area (TPSA) is 192 Å². The van der Waals surface area contributed by atoms with Crippen LogP contribution < -0.4 is 0 Å². The van der Waals surface area contributed by atoms with Gasteiger partial charge in [0.2, 0.25) is 0 Å². The van der Waals surface area contributed by atoms with Crippen molar-refractivity contribution in [2.24, 2.45) is 0 Å². The second-order valence-corrected chi connectivity index (χ2v) is 17.2. The summed E-state index contributed by atoms with van der Waals surface area (Å²) < 4.78 is 238. The van der Waals surface area contributed by atoms with E-state index in [2.05, 4.69) is 13.8 Å². The van der Waals surface area contributed by atoms with E-state index in [1.165, 1.54) is 22.1 Å². The van der Waals surface area contributed by atoms with Crippen molar-refractivity contribution in [3.63, 3.8) is 0 Å². The Hall–Kier alpha value is -1.32. The number of ether oxygens (including phenoxy) is 3. The Labute approximate surface area is 285 Å². The third-order valence-corrected chi connectivity index (χ3v) is 12.6. The summed E-state index contributed by atoms with van der Waals surface area (Å²) in [5.74, 6) is 0. The fourth-order valence-electron chi connectivity index (χ4n) is 3.90. The lowest BCUT2D eigenvalue weighted by Crippen LogP contribution is -2.57. The number of sulfonamides is 4. The first-order valence-corrected chi connectivity index (χ1v) is 19.6. The van der Waals surface area contributed by atoms with Crippen LogP contribution in [-0.2, 0) is 54.3 Å². The molecule has 0 spiro atoms. The van der Waals surface area contributed by atoms with Crippen molar-refractivity contribution in [1.82, 2.24) is 0 Å². The van der Waals surface area contributed by atoms with Crippen molar-refractivity contribution >= 4 is 40.1 Å². The number of halogens is 12. The molecular formula is C20H34F12N4O11S4. The molecule has 0 bridgehead atoms. The fourth-order valence-corrected chi connectivity index (χ4v) is 7.32. The molecule has 0 unspecified atom stereocenters. The van der Waals surface area contributed by atoms with Gasteiger partial charge < -0.3 is 31.4 Å². The maximum absolute atomic E-state index is 11.4. The van der Waals surface area contributed by atoms with E-state index < -0.39 is 62.1 Å². The molecular weight excluding hydrogens is 828 g/mol. The number of hydrogen-bond acceptors (Lipinski definition) is 11. The van der Waals surface area contributed by atoms with Gasteiger partial charge in [-0.25, -0.2) is 33.7 Å². The number of nitrogens with zero attached hydrogens (tertiary/aromatic N) is 4. The van der Waals surface area contributed by atoms with Gasteiger partial charge in [-0.1, -0.05) is 0 Å². The predicted molar refractivity (Wildman–Crippen MR) is 150 cm³/mol. The average molecular weight is 863 g/mol. The molecule has 0 aromatic heterocycles. The Kier molecular flexibility index (Phi) is 17.9. The van der Waals surface area contributed by atoms with Crippen molar-refractivity contribution in [3.05, 3.63) is 8.25 Å². The van der Waals surface area contributed by atoms with Gasteiger partial charge in [0.25, 0.3) is 0 Å². The summed E-state index contributed by atoms with van der Waals surface area (Å²) in [5, 5.41) is 0. The third kappa shape index (κ3) is 15.5.